The molecule has 110 valence electrons. The van der Waals surface area contributed by atoms with Crippen molar-refractivity contribution in [1.82, 2.24) is 9.55 Å². The molecule has 0 aliphatic heterocycles. The molecule has 2 aromatic carbocycles. The van der Waals surface area contributed by atoms with Gasteiger partial charge in [-0.3, -0.25) is 9.36 Å². The van der Waals surface area contributed by atoms with Gasteiger partial charge in [0.25, 0.3) is 5.56 Å². The summed E-state index contributed by atoms with van der Waals surface area (Å²) in [6, 6.07) is 12.0. The number of fused-ring (bicyclic) bond motifs is 1. The molecule has 5 nitrogen and oxygen atoms in total. The Bertz CT molecular complexity index is 958. The standard InChI is InChI=1S/C17H14N2O3/c1-10-12(17(21)22)7-5-9-15(10)19-11(2)18-14-8-4-3-6-13(14)16(19)20/h3-9H,1-2H3,(H,21,22). The molecule has 3 aromatic rings. The van der Waals surface area contributed by atoms with E-state index in [1.54, 1.807) is 44.2 Å². The van der Waals surface area contributed by atoms with E-state index in [1.807, 2.05) is 6.07 Å². The molecule has 0 amide bonds. The summed E-state index contributed by atoms with van der Waals surface area (Å²) >= 11 is 0. The summed E-state index contributed by atoms with van der Waals surface area (Å²) in [5.74, 6) is -0.492. The average Bonchev–Trinajstić information content (AvgIpc) is 2.48. The lowest BCUT2D eigenvalue weighted by atomic mass is 10.1. The van der Waals surface area contributed by atoms with Gasteiger partial charge >= 0.3 is 5.97 Å². The molecule has 3 rings (SSSR count). The molecule has 0 atom stereocenters. The fraction of sp³-hybridized carbons (Fsp3) is 0.118. The topological polar surface area (TPSA) is 72.2 Å². The van der Waals surface area contributed by atoms with Gasteiger partial charge in [0.05, 0.1) is 22.2 Å². The first-order chi connectivity index (χ1) is 10.5. The van der Waals surface area contributed by atoms with Crippen LogP contribution in [-0.4, -0.2) is 20.6 Å². The van der Waals surface area contributed by atoms with Crippen LogP contribution in [0.2, 0.25) is 0 Å². The van der Waals surface area contributed by atoms with Gasteiger partial charge < -0.3 is 5.11 Å². The van der Waals surface area contributed by atoms with E-state index >= 15 is 0 Å². The molecular formula is C17H14N2O3. The molecule has 0 spiro atoms. The van der Waals surface area contributed by atoms with Gasteiger partial charge in [-0.25, -0.2) is 9.78 Å². The number of aryl methyl sites for hydroxylation is 1. The second kappa shape index (κ2) is 5.11. The van der Waals surface area contributed by atoms with Gasteiger partial charge in [-0.15, -0.1) is 0 Å². The van der Waals surface area contributed by atoms with Crippen molar-refractivity contribution in [2.75, 3.05) is 0 Å². The Morgan fingerprint density at radius 3 is 2.55 bits per heavy atom. The first-order valence-corrected chi connectivity index (χ1v) is 6.82. The molecule has 0 unspecified atom stereocenters. The van der Waals surface area contributed by atoms with Crippen molar-refractivity contribution in [1.29, 1.82) is 0 Å². The van der Waals surface area contributed by atoms with Crippen LogP contribution in [0.3, 0.4) is 0 Å². The SMILES string of the molecule is Cc1c(C(=O)O)cccc1-n1c(C)nc2ccccc2c1=O. The molecule has 1 aromatic heterocycles. The highest BCUT2D eigenvalue weighted by Crippen LogP contribution is 2.19. The van der Waals surface area contributed by atoms with Crippen molar-refractivity contribution in [2.45, 2.75) is 13.8 Å². The third-order valence-electron chi connectivity index (χ3n) is 3.72. The van der Waals surface area contributed by atoms with E-state index in [1.165, 1.54) is 10.6 Å². The van der Waals surface area contributed by atoms with E-state index in [2.05, 4.69) is 4.98 Å². The highest BCUT2D eigenvalue weighted by atomic mass is 16.4. The van der Waals surface area contributed by atoms with E-state index < -0.39 is 5.97 Å². The van der Waals surface area contributed by atoms with Crippen molar-refractivity contribution in [3.63, 3.8) is 0 Å². The Balaban J connectivity index is 2.39. The fourth-order valence-corrected chi connectivity index (χ4v) is 2.62. The predicted octanol–water partition coefficient (Wildman–Crippen LogP) is 2.70. The number of benzene rings is 2. The largest absolute Gasteiger partial charge is 0.478 e. The highest BCUT2D eigenvalue weighted by Gasteiger charge is 2.15. The van der Waals surface area contributed by atoms with Crippen LogP contribution in [0.5, 0.6) is 0 Å². The van der Waals surface area contributed by atoms with E-state index in [-0.39, 0.29) is 11.1 Å². The molecule has 0 saturated carbocycles. The van der Waals surface area contributed by atoms with Gasteiger partial charge in [0, 0.05) is 0 Å². The van der Waals surface area contributed by atoms with Crippen molar-refractivity contribution in [2.24, 2.45) is 0 Å². The molecular weight excluding hydrogens is 280 g/mol. The third-order valence-corrected chi connectivity index (χ3v) is 3.72. The normalized spacial score (nSPS) is 10.8. The predicted molar refractivity (Wildman–Crippen MR) is 83.8 cm³/mol. The Kier molecular flexibility index (Phi) is 3.25. The lowest BCUT2D eigenvalue weighted by molar-refractivity contribution is 0.0696. The minimum absolute atomic E-state index is 0.178. The smallest absolute Gasteiger partial charge is 0.336 e. The second-order valence-electron chi connectivity index (χ2n) is 5.07. The van der Waals surface area contributed by atoms with Crippen LogP contribution in [0.4, 0.5) is 0 Å². The van der Waals surface area contributed by atoms with E-state index in [9.17, 15) is 14.7 Å². The molecule has 0 bridgehead atoms. The van der Waals surface area contributed by atoms with Crippen LogP contribution in [0, 0.1) is 13.8 Å². The van der Waals surface area contributed by atoms with Crippen LogP contribution in [0.25, 0.3) is 16.6 Å². The minimum Gasteiger partial charge on any atom is -0.478 e. The maximum absolute atomic E-state index is 12.8. The van der Waals surface area contributed by atoms with Crippen molar-refractivity contribution in [3.8, 4) is 5.69 Å². The molecule has 0 aliphatic carbocycles. The zero-order valence-electron chi connectivity index (χ0n) is 12.2. The summed E-state index contributed by atoms with van der Waals surface area (Å²) in [4.78, 5) is 28.5. The summed E-state index contributed by atoms with van der Waals surface area (Å²) in [5, 5.41) is 9.75. The van der Waals surface area contributed by atoms with Gasteiger partial charge in [-0.2, -0.15) is 0 Å². The molecule has 0 fully saturated rings. The lowest BCUT2D eigenvalue weighted by Gasteiger charge is -2.14. The summed E-state index contributed by atoms with van der Waals surface area (Å²) in [6.07, 6.45) is 0. The number of carbonyl (C=O) groups is 1. The fourth-order valence-electron chi connectivity index (χ4n) is 2.62. The number of hydrogen-bond acceptors (Lipinski definition) is 3. The molecule has 0 aliphatic rings. The first kappa shape index (κ1) is 14.0. The molecule has 1 heterocycles. The number of aromatic nitrogens is 2. The van der Waals surface area contributed by atoms with Crippen LogP contribution in [0.15, 0.2) is 47.3 Å². The number of carboxylic acid groups (broad SMARTS) is 1. The van der Waals surface area contributed by atoms with Crippen molar-refractivity contribution in [3.05, 3.63) is 69.8 Å². The lowest BCUT2D eigenvalue weighted by Crippen LogP contribution is -2.23. The molecule has 5 heteroatoms. The van der Waals surface area contributed by atoms with E-state index in [4.69, 9.17) is 0 Å². The number of carboxylic acids is 1. The quantitative estimate of drug-likeness (QED) is 0.788. The van der Waals surface area contributed by atoms with Crippen LogP contribution < -0.4 is 5.56 Å². The summed E-state index contributed by atoms with van der Waals surface area (Å²) < 4.78 is 1.46. The van der Waals surface area contributed by atoms with Gasteiger partial charge in [-0.05, 0) is 43.7 Å². The number of para-hydroxylation sites is 1. The minimum atomic E-state index is -1.01. The Morgan fingerprint density at radius 1 is 1.09 bits per heavy atom. The first-order valence-electron chi connectivity index (χ1n) is 6.82. The Hall–Kier alpha value is -2.95. The van der Waals surface area contributed by atoms with Crippen LogP contribution in [-0.2, 0) is 0 Å². The molecule has 1 N–H and O–H groups in total. The third kappa shape index (κ3) is 2.07. The Morgan fingerprint density at radius 2 is 1.82 bits per heavy atom. The zero-order valence-corrected chi connectivity index (χ0v) is 12.2. The summed E-state index contributed by atoms with van der Waals surface area (Å²) in [6.45, 7) is 3.43. The zero-order chi connectivity index (χ0) is 15.9. The maximum atomic E-state index is 12.8. The summed E-state index contributed by atoms with van der Waals surface area (Å²) in [7, 11) is 0. The van der Waals surface area contributed by atoms with Gasteiger partial charge in [-0.1, -0.05) is 18.2 Å². The van der Waals surface area contributed by atoms with Crippen molar-refractivity contribution >= 4 is 16.9 Å². The average molecular weight is 294 g/mol. The Labute approximate surface area is 126 Å². The van der Waals surface area contributed by atoms with Crippen molar-refractivity contribution < 1.29 is 9.90 Å². The molecule has 0 radical (unpaired) electrons. The molecule has 0 saturated heterocycles. The van der Waals surface area contributed by atoms with Gasteiger partial charge in [0.15, 0.2) is 0 Å². The monoisotopic (exact) mass is 294 g/mol. The van der Waals surface area contributed by atoms with E-state index in [0.29, 0.717) is 28.0 Å². The van der Waals surface area contributed by atoms with Crippen LogP contribution in [0.1, 0.15) is 21.7 Å². The number of nitrogens with zero attached hydrogens (tertiary/aromatic N) is 2. The van der Waals surface area contributed by atoms with Gasteiger partial charge in [0.2, 0.25) is 0 Å². The van der Waals surface area contributed by atoms with Gasteiger partial charge in [0.1, 0.15) is 5.82 Å². The number of rotatable bonds is 2. The highest BCUT2D eigenvalue weighted by molar-refractivity contribution is 5.90. The number of aromatic carboxylic acids is 1. The number of hydrogen-bond donors (Lipinski definition) is 1. The second-order valence-corrected chi connectivity index (χ2v) is 5.07. The maximum Gasteiger partial charge on any atom is 0.336 e. The van der Waals surface area contributed by atoms with E-state index in [0.717, 1.165) is 0 Å². The molecule has 22 heavy (non-hydrogen) atoms. The van der Waals surface area contributed by atoms with Crippen LogP contribution >= 0.6 is 0 Å². The summed E-state index contributed by atoms with van der Waals surface area (Å²) in [5.41, 5.74) is 1.69.